The summed E-state index contributed by atoms with van der Waals surface area (Å²) in [6, 6.07) is 1.78. The number of hydrogen-bond acceptors (Lipinski definition) is 4. The van der Waals surface area contributed by atoms with Crippen molar-refractivity contribution in [2.75, 3.05) is 0 Å². The predicted octanol–water partition coefficient (Wildman–Crippen LogP) is 0.926. The summed E-state index contributed by atoms with van der Waals surface area (Å²) in [6.45, 7) is 2.20. The van der Waals surface area contributed by atoms with Crippen molar-refractivity contribution in [3.63, 3.8) is 0 Å². The standard InChI is InChI=1S/C9H9N3O3/c1-6-2-8(11-15-6)5-12-4-7(3-10-12)9(13)14/h2-4H,5H2,1H3,(H,13,14). The van der Waals surface area contributed by atoms with Gasteiger partial charge in [0.05, 0.1) is 18.3 Å². The van der Waals surface area contributed by atoms with Gasteiger partial charge in [-0.3, -0.25) is 4.68 Å². The molecular weight excluding hydrogens is 198 g/mol. The SMILES string of the molecule is Cc1cc(Cn2cc(C(=O)O)cn2)no1. The fourth-order valence-corrected chi connectivity index (χ4v) is 1.22. The van der Waals surface area contributed by atoms with Gasteiger partial charge in [-0.25, -0.2) is 4.79 Å². The van der Waals surface area contributed by atoms with Gasteiger partial charge in [0.2, 0.25) is 0 Å². The molecule has 0 spiro atoms. The van der Waals surface area contributed by atoms with E-state index in [1.807, 2.05) is 0 Å². The normalized spacial score (nSPS) is 10.5. The van der Waals surface area contributed by atoms with E-state index >= 15 is 0 Å². The van der Waals surface area contributed by atoms with Gasteiger partial charge in [0, 0.05) is 12.3 Å². The van der Waals surface area contributed by atoms with Gasteiger partial charge in [0.25, 0.3) is 0 Å². The molecule has 0 aliphatic rings. The lowest BCUT2D eigenvalue weighted by molar-refractivity contribution is 0.0697. The number of aromatic carboxylic acids is 1. The van der Waals surface area contributed by atoms with E-state index in [0.717, 1.165) is 5.76 Å². The third-order valence-electron chi connectivity index (χ3n) is 1.88. The fourth-order valence-electron chi connectivity index (χ4n) is 1.22. The zero-order valence-electron chi connectivity index (χ0n) is 8.04. The van der Waals surface area contributed by atoms with Crippen molar-refractivity contribution in [3.05, 3.63) is 35.5 Å². The molecule has 0 amide bonds. The maximum absolute atomic E-state index is 10.6. The van der Waals surface area contributed by atoms with Crippen LogP contribution in [-0.4, -0.2) is 26.0 Å². The molecule has 0 saturated heterocycles. The lowest BCUT2D eigenvalue weighted by atomic mass is 10.3. The van der Waals surface area contributed by atoms with Crippen LogP contribution in [0.3, 0.4) is 0 Å². The summed E-state index contributed by atoms with van der Waals surface area (Å²) >= 11 is 0. The van der Waals surface area contributed by atoms with E-state index in [-0.39, 0.29) is 5.56 Å². The van der Waals surface area contributed by atoms with Gasteiger partial charge in [0.1, 0.15) is 11.5 Å². The number of rotatable bonds is 3. The number of nitrogens with zero attached hydrogens (tertiary/aromatic N) is 3. The zero-order valence-corrected chi connectivity index (χ0v) is 8.04. The van der Waals surface area contributed by atoms with Crippen LogP contribution in [0.25, 0.3) is 0 Å². The number of aromatic nitrogens is 3. The average molecular weight is 207 g/mol. The third kappa shape index (κ3) is 2.04. The predicted molar refractivity (Wildman–Crippen MR) is 49.5 cm³/mol. The van der Waals surface area contributed by atoms with Gasteiger partial charge in [-0.05, 0) is 6.92 Å². The highest BCUT2D eigenvalue weighted by atomic mass is 16.5. The second-order valence-corrected chi connectivity index (χ2v) is 3.16. The molecule has 0 aliphatic heterocycles. The molecule has 0 bridgehead atoms. The van der Waals surface area contributed by atoms with Crippen molar-refractivity contribution in [1.82, 2.24) is 14.9 Å². The summed E-state index contributed by atoms with van der Waals surface area (Å²) < 4.78 is 6.38. The zero-order chi connectivity index (χ0) is 10.8. The van der Waals surface area contributed by atoms with Crippen LogP contribution in [0.2, 0.25) is 0 Å². The van der Waals surface area contributed by atoms with E-state index in [9.17, 15) is 4.79 Å². The maximum atomic E-state index is 10.6. The Labute approximate surface area is 85.1 Å². The highest BCUT2D eigenvalue weighted by molar-refractivity contribution is 5.86. The monoisotopic (exact) mass is 207 g/mol. The molecule has 0 aromatic carbocycles. The molecule has 1 N–H and O–H groups in total. The maximum Gasteiger partial charge on any atom is 0.338 e. The molecule has 2 aromatic rings. The van der Waals surface area contributed by atoms with Crippen molar-refractivity contribution < 1.29 is 14.4 Å². The molecule has 0 saturated carbocycles. The lowest BCUT2D eigenvalue weighted by Gasteiger charge is -1.94. The fraction of sp³-hybridized carbons (Fsp3) is 0.222. The summed E-state index contributed by atoms with van der Waals surface area (Å²) in [4.78, 5) is 10.6. The van der Waals surface area contributed by atoms with Crippen molar-refractivity contribution in [3.8, 4) is 0 Å². The third-order valence-corrected chi connectivity index (χ3v) is 1.88. The Morgan fingerprint density at radius 2 is 2.47 bits per heavy atom. The Hall–Kier alpha value is -2.11. The summed E-state index contributed by atoms with van der Waals surface area (Å²) in [5.41, 5.74) is 0.878. The van der Waals surface area contributed by atoms with E-state index in [2.05, 4.69) is 10.3 Å². The van der Waals surface area contributed by atoms with Gasteiger partial charge in [-0.1, -0.05) is 5.16 Å². The van der Waals surface area contributed by atoms with E-state index in [0.29, 0.717) is 12.2 Å². The quantitative estimate of drug-likeness (QED) is 0.809. The Bertz CT molecular complexity index is 486. The topological polar surface area (TPSA) is 81.2 Å². The minimum Gasteiger partial charge on any atom is -0.478 e. The summed E-state index contributed by atoms with van der Waals surface area (Å²) in [7, 11) is 0. The molecule has 2 rings (SSSR count). The number of carboxylic acid groups (broad SMARTS) is 1. The summed E-state index contributed by atoms with van der Waals surface area (Å²) in [5.74, 6) is -0.270. The number of aryl methyl sites for hydroxylation is 1. The lowest BCUT2D eigenvalue weighted by Crippen LogP contribution is -2.00. The van der Waals surface area contributed by atoms with Gasteiger partial charge in [0.15, 0.2) is 0 Å². The van der Waals surface area contributed by atoms with Crippen LogP contribution in [0.5, 0.6) is 0 Å². The molecule has 0 aliphatic carbocycles. The molecule has 2 heterocycles. The van der Waals surface area contributed by atoms with Crippen LogP contribution in [0.1, 0.15) is 21.8 Å². The molecule has 0 unspecified atom stereocenters. The molecule has 0 atom stereocenters. The van der Waals surface area contributed by atoms with Crippen molar-refractivity contribution in [2.24, 2.45) is 0 Å². The molecule has 78 valence electrons. The highest BCUT2D eigenvalue weighted by Crippen LogP contribution is 2.05. The Morgan fingerprint density at radius 1 is 1.67 bits per heavy atom. The number of carboxylic acids is 1. The second kappa shape index (κ2) is 3.56. The Morgan fingerprint density at radius 3 is 3.00 bits per heavy atom. The molecular formula is C9H9N3O3. The van der Waals surface area contributed by atoms with E-state index in [1.165, 1.54) is 17.1 Å². The molecule has 6 nitrogen and oxygen atoms in total. The van der Waals surface area contributed by atoms with Crippen molar-refractivity contribution in [1.29, 1.82) is 0 Å². The Kier molecular flexibility index (Phi) is 2.24. The highest BCUT2D eigenvalue weighted by Gasteiger charge is 2.07. The second-order valence-electron chi connectivity index (χ2n) is 3.16. The van der Waals surface area contributed by atoms with Gasteiger partial charge < -0.3 is 9.63 Å². The van der Waals surface area contributed by atoms with Crippen molar-refractivity contribution >= 4 is 5.97 Å². The van der Waals surface area contributed by atoms with Crippen molar-refractivity contribution in [2.45, 2.75) is 13.5 Å². The van der Waals surface area contributed by atoms with Crippen LogP contribution in [0.15, 0.2) is 23.0 Å². The number of carbonyl (C=O) groups is 1. The minimum absolute atomic E-state index is 0.162. The smallest absolute Gasteiger partial charge is 0.338 e. The number of hydrogen-bond donors (Lipinski definition) is 1. The van der Waals surface area contributed by atoms with Crippen LogP contribution < -0.4 is 0 Å². The van der Waals surface area contributed by atoms with Gasteiger partial charge >= 0.3 is 5.97 Å². The summed E-state index contributed by atoms with van der Waals surface area (Å²) in [6.07, 6.45) is 2.75. The first kappa shape index (κ1) is 9.45. The Balaban J connectivity index is 2.14. The molecule has 15 heavy (non-hydrogen) atoms. The first-order valence-electron chi connectivity index (χ1n) is 4.33. The minimum atomic E-state index is -0.988. The molecule has 2 aromatic heterocycles. The largest absolute Gasteiger partial charge is 0.478 e. The average Bonchev–Trinajstić information content (AvgIpc) is 2.76. The first-order chi connectivity index (χ1) is 7.15. The van der Waals surface area contributed by atoms with E-state index in [1.54, 1.807) is 13.0 Å². The van der Waals surface area contributed by atoms with Crippen LogP contribution in [0.4, 0.5) is 0 Å². The first-order valence-corrected chi connectivity index (χ1v) is 4.33. The van der Waals surface area contributed by atoms with E-state index in [4.69, 9.17) is 9.63 Å². The van der Waals surface area contributed by atoms with Crippen LogP contribution in [0, 0.1) is 6.92 Å². The van der Waals surface area contributed by atoms with Gasteiger partial charge in [-0.2, -0.15) is 5.10 Å². The van der Waals surface area contributed by atoms with E-state index < -0.39 is 5.97 Å². The van der Waals surface area contributed by atoms with Crippen LogP contribution >= 0.6 is 0 Å². The summed E-state index contributed by atoms with van der Waals surface area (Å²) in [5, 5.41) is 16.4. The molecule has 0 radical (unpaired) electrons. The molecule has 6 heteroatoms. The van der Waals surface area contributed by atoms with Crippen LogP contribution in [-0.2, 0) is 6.54 Å². The molecule has 0 fully saturated rings. The van der Waals surface area contributed by atoms with Gasteiger partial charge in [-0.15, -0.1) is 0 Å².